The van der Waals surface area contributed by atoms with Gasteiger partial charge in [0.1, 0.15) is 0 Å². The van der Waals surface area contributed by atoms with Crippen LogP contribution in [0.2, 0.25) is 0 Å². The molecular weight excluding hydrogens is 298 g/mol. The quantitative estimate of drug-likeness (QED) is 0.915. The third kappa shape index (κ3) is 4.06. The van der Waals surface area contributed by atoms with Crippen molar-refractivity contribution in [3.05, 3.63) is 42.1 Å². The fourth-order valence-electron chi connectivity index (χ4n) is 2.83. The molecular formula is C20H27N3O. The van der Waals surface area contributed by atoms with Crippen molar-refractivity contribution in [3.8, 4) is 11.3 Å². The number of rotatable bonds is 4. The van der Waals surface area contributed by atoms with E-state index >= 15 is 0 Å². The third-order valence-corrected chi connectivity index (χ3v) is 4.06. The summed E-state index contributed by atoms with van der Waals surface area (Å²) in [5.74, 6) is 0. The predicted molar refractivity (Wildman–Crippen MR) is 101 cm³/mol. The molecule has 0 aliphatic carbocycles. The second-order valence-electron chi connectivity index (χ2n) is 7.65. The minimum Gasteiger partial charge on any atom is -0.382 e. The maximum atomic E-state index is 5.80. The van der Waals surface area contributed by atoms with E-state index in [1.54, 1.807) is 0 Å². The molecule has 1 N–H and O–H groups in total. The normalized spacial score (nSPS) is 14.2. The third-order valence-electron chi connectivity index (χ3n) is 4.06. The molecule has 2 heterocycles. The first-order chi connectivity index (χ1) is 11.4. The van der Waals surface area contributed by atoms with E-state index in [0.717, 1.165) is 36.6 Å². The Morgan fingerprint density at radius 3 is 2.83 bits per heavy atom. The second kappa shape index (κ2) is 6.81. The molecule has 128 valence electrons. The molecule has 1 aliphatic heterocycles. The number of benzene rings is 1. The fourth-order valence-corrected chi connectivity index (χ4v) is 2.83. The van der Waals surface area contributed by atoms with E-state index in [4.69, 9.17) is 9.72 Å². The smallest absolute Gasteiger partial charge is 0.0888 e. The number of nitrogens with one attached hydrogen (secondary N) is 1. The largest absolute Gasteiger partial charge is 0.382 e. The van der Waals surface area contributed by atoms with Gasteiger partial charge in [-0.05, 0) is 29.7 Å². The lowest BCUT2D eigenvalue weighted by atomic mass is 9.99. The van der Waals surface area contributed by atoms with Crippen molar-refractivity contribution in [2.24, 2.45) is 5.41 Å². The van der Waals surface area contributed by atoms with Gasteiger partial charge in [-0.3, -0.25) is 4.98 Å². The van der Waals surface area contributed by atoms with Gasteiger partial charge in [-0.15, -0.1) is 0 Å². The summed E-state index contributed by atoms with van der Waals surface area (Å²) in [6.07, 6.45) is 0. The Balaban J connectivity index is 1.76. The van der Waals surface area contributed by atoms with Crippen molar-refractivity contribution < 1.29 is 4.74 Å². The average Bonchev–Trinajstić information content (AvgIpc) is 2.54. The number of nitrogens with zero attached hydrogens (tertiary/aromatic N) is 2. The molecule has 4 nitrogen and oxygen atoms in total. The van der Waals surface area contributed by atoms with Crippen LogP contribution < -0.4 is 10.2 Å². The van der Waals surface area contributed by atoms with Crippen LogP contribution in [-0.4, -0.2) is 31.7 Å². The van der Waals surface area contributed by atoms with Crippen LogP contribution in [0.3, 0.4) is 0 Å². The number of anilines is 2. The summed E-state index contributed by atoms with van der Waals surface area (Å²) in [4.78, 5) is 7.04. The monoisotopic (exact) mass is 325 g/mol. The summed E-state index contributed by atoms with van der Waals surface area (Å²) in [6, 6.07) is 12.6. The topological polar surface area (TPSA) is 37.4 Å². The van der Waals surface area contributed by atoms with Crippen LogP contribution >= 0.6 is 0 Å². The van der Waals surface area contributed by atoms with Gasteiger partial charge in [-0.25, -0.2) is 0 Å². The van der Waals surface area contributed by atoms with Crippen LogP contribution in [0, 0.1) is 5.41 Å². The molecule has 0 atom stereocenters. The first kappa shape index (κ1) is 16.8. The molecule has 0 saturated heterocycles. The van der Waals surface area contributed by atoms with E-state index in [-0.39, 0.29) is 5.41 Å². The van der Waals surface area contributed by atoms with Crippen LogP contribution in [0.4, 0.5) is 11.4 Å². The summed E-state index contributed by atoms with van der Waals surface area (Å²) in [5.41, 5.74) is 5.69. The lowest BCUT2D eigenvalue weighted by Crippen LogP contribution is -2.30. The fraction of sp³-hybridized carbons (Fsp3) is 0.450. The molecule has 0 unspecified atom stereocenters. The predicted octanol–water partition coefficient (Wildman–Crippen LogP) is 4.17. The summed E-state index contributed by atoms with van der Waals surface area (Å²) in [6.45, 7) is 9.81. The van der Waals surface area contributed by atoms with E-state index in [1.807, 2.05) is 6.07 Å². The Bertz CT molecular complexity index is 706. The molecule has 4 heteroatoms. The molecule has 0 spiro atoms. The van der Waals surface area contributed by atoms with E-state index in [1.165, 1.54) is 11.4 Å². The number of aromatic nitrogens is 1. The zero-order valence-corrected chi connectivity index (χ0v) is 15.1. The van der Waals surface area contributed by atoms with Gasteiger partial charge < -0.3 is 15.0 Å². The Morgan fingerprint density at radius 1 is 1.21 bits per heavy atom. The number of hydrogen-bond acceptors (Lipinski definition) is 4. The highest BCUT2D eigenvalue weighted by atomic mass is 16.5. The highest BCUT2D eigenvalue weighted by Crippen LogP contribution is 2.32. The maximum absolute atomic E-state index is 5.80. The number of likely N-dealkylation sites (N-methyl/N-ethyl adjacent to an activating group) is 1. The number of fused-ring (bicyclic) bond motifs is 1. The second-order valence-corrected chi connectivity index (χ2v) is 7.65. The molecule has 0 saturated carbocycles. The number of ether oxygens (including phenoxy) is 1. The number of hydrogen-bond donors (Lipinski definition) is 1. The zero-order chi connectivity index (χ0) is 17.2. The first-order valence-electron chi connectivity index (χ1n) is 8.55. The van der Waals surface area contributed by atoms with Gasteiger partial charge >= 0.3 is 0 Å². The summed E-state index contributed by atoms with van der Waals surface area (Å²) in [7, 11) is 2.13. The Morgan fingerprint density at radius 2 is 2.04 bits per heavy atom. The van der Waals surface area contributed by atoms with Gasteiger partial charge in [-0.1, -0.05) is 32.9 Å². The van der Waals surface area contributed by atoms with Crippen LogP contribution in [0.1, 0.15) is 26.5 Å². The molecule has 0 bridgehead atoms. The Labute approximate surface area is 144 Å². The summed E-state index contributed by atoms with van der Waals surface area (Å²) in [5, 5.41) is 3.47. The molecule has 0 amide bonds. The van der Waals surface area contributed by atoms with E-state index in [2.05, 4.69) is 68.4 Å². The molecule has 1 aromatic carbocycles. The highest BCUT2D eigenvalue weighted by Gasteiger charge is 2.14. The minimum absolute atomic E-state index is 0.174. The van der Waals surface area contributed by atoms with Gasteiger partial charge in [-0.2, -0.15) is 0 Å². The molecule has 1 aliphatic rings. The lowest BCUT2D eigenvalue weighted by Gasteiger charge is -2.28. The Hall–Kier alpha value is -2.07. The molecule has 1 aromatic heterocycles. The molecule has 0 radical (unpaired) electrons. The van der Waals surface area contributed by atoms with Crippen molar-refractivity contribution in [1.29, 1.82) is 0 Å². The maximum Gasteiger partial charge on any atom is 0.0888 e. The van der Waals surface area contributed by atoms with E-state index < -0.39 is 0 Å². The van der Waals surface area contributed by atoms with Gasteiger partial charge in [0.15, 0.2) is 0 Å². The average molecular weight is 325 g/mol. The number of pyridine rings is 1. The standard InChI is InChI=1S/C20H27N3O/c1-20(2,3)14-24-13-16-6-5-7-17(22-16)15-8-9-19-18(12-15)21-10-11-23(19)4/h5-9,12,21H,10-11,13-14H2,1-4H3. The van der Waals surface area contributed by atoms with Gasteiger partial charge in [0.05, 0.1) is 36.0 Å². The molecule has 3 rings (SSSR count). The van der Waals surface area contributed by atoms with Crippen molar-refractivity contribution in [2.45, 2.75) is 27.4 Å². The van der Waals surface area contributed by atoms with E-state index in [9.17, 15) is 0 Å². The van der Waals surface area contributed by atoms with Crippen molar-refractivity contribution >= 4 is 11.4 Å². The van der Waals surface area contributed by atoms with Crippen molar-refractivity contribution in [2.75, 3.05) is 37.0 Å². The van der Waals surface area contributed by atoms with Gasteiger partial charge in [0, 0.05) is 25.7 Å². The van der Waals surface area contributed by atoms with Crippen LogP contribution in [0.25, 0.3) is 11.3 Å². The highest BCUT2D eigenvalue weighted by molar-refractivity contribution is 5.78. The van der Waals surface area contributed by atoms with Gasteiger partial charge in [0.25, 0.3) is 0 Å². The van der Waals surface area contributed by atoms with E-state index in [0.29, 0.717) is 6.61 Å². The zero-order valence-electron chi connectivity index (χ0n) is 15.1. The minimum atomic E-state index is 0.174. The first-order valence-corrected chi connectivity index (χ1v) is 8.55. The molecule has 24 heavy (non-hydrogen) atoms. The molecule has 2 aromatic rings. The van der Waals surface area contributed by atoms with Gasteiger partial charge in [0.2, 0.25) is 0 Å². The lowest BCUT2D eigenvalue weighted by molar-refractivity contribution is 0.0581. The molecule has 0 fully saturated rings. The summed E-state index contributed by atoms with van der Waals surface area (Å²) < 4.78 is 5.80. The van der Waals surface area contributed by atoms with Crippen LogP contribution in [0.15, 0.2) is 36.4 Å². The van der Waals surface area contributed by atoms with Crippen molar-refractivity contribution in [1.82, 2.24) is 4.98 Å². The SMILES string of the molecule is CN1CCNc2cc(-c3cccc(COCC(C)(C)C)n3)ccc21. The Kier molecular flexibility index (Phi) is 4.76. The summed E-state index contributed by atoms with van der Waals surface area (Å²) >= 11 is 0. The van der Waals surface area contributed by atoms with Crippen LogP contribution in [0.5, 0.6) is 0 Å². The van der Waals surface area contributed by atoms with Crippen LogP contribution in [-0.2, 0) is 11.3 Å². The van der Waals surface area contributed by atoms with Crippen molar-refractivity contribution in [3.63, 3.8) is 0 Å².